The van der Waals surface area contributed by atoms with Gasteiger partial charge < -0.3 is 24.1 Å². The number of aliphatic imine (C=N–C) groups is 1. The van der Waals surface area contributed by atoms with Crippen LogP contribution in [0.2, 0.25) is 5.02 Å². The molecular weight excluding hydrogens is 534 g/mol. The van der Waals surface area contributed by atoms with E-state index in [1.54, 1.807) is 0 Å². The van der Waals surface area contributed by atoms with Crippen LogP contribution in [0, 0.1) is 16.4 Å². The van der Waals surface area contributed by atoms with Gasteiger partial charge in [0, 0.05) is 18.1 Å². The Morgan fingerprint density at radius 2 is 1.95 bits per heavy atom. The average Bonchev–Trinajstić information content (AvgIpc) is 3.48. The number of aromatic nitrogens is 1. The Balaban J connectivity index is 1.25. The molecule has 0 saturated carbocycles. The van der Waals surface area contributed by atoms with Gasteiger partial charge in [-0.3, -0.25) is 9.57 Å². The van der Waals surface area contributed by atoms with Gasteiger partial charge in [-0.1, -0.05) is 21.2 Å². The van der Waals surface area contributed by atoms with Gasteiger partial charge in [-0.15, -0.1) is 0 Å². The first kappa shape index (κ1) is 25.9. The van der Waals surface area contributed by atoms with Crippen molar-refractivity contribution >= 4 is 38.7 Å². The van der Waals surface area contributed by atoms with E-state index in [0.717, 1.165) is 12.1 Å². The van der Waals surface area contributed by atoms with Crippen LogP contribution in [-0.2, 0) is 36.9 Å². The Kier molecular flexibility index (Phi) is 6.92. The molecule has 3 aliphatic rings. The second-order valence-corrected chi connectivity index (χ2v) is 12.3. The van der Waals surface area contributed by atoms with Gasteiger partial charge in [-0.25, -0.2) is 18.8 Å². The smallest absolute Gasteiger partial charge is 0.283 e. The second-order valence-electron chi connectivity index (χ2n) is 9.12. The summed E-state index contributed by atoms with van der Waals surface area (Å²) in [4.78, 5) is 20.8. The molecule has 0 bridgehead atoms. The lowest BCUT2D eigenvalue weighted by atomic mass is 10.1. The molecule has 1 aromatic carbocycles. The SMILES string of the molecule is CS(C)(=N)=NC(=O)c1cc(F)c(COc2nc3c(cc2Cl)N=C(O[C@@H]2CO[C@H]4[C@@H]2OC[C@H]4O)C3)c(F)c1. The Morgan fingerprint density at radius 3 is 2.65 bits per heavy atom. The Morgan fingerprint density at radius 1 is 1.24 bits per heavy atom. The van der Waals surface area contributed by atoms with Crippen molar-refractivity contribution in [3.63, 3.8) is 0 Å². The topological polar surface area (TPSA) is 136 Å². The van der Waals surface area contributed by atoms with Gasteiger partial charge in [0.1, 0.15) is 41.6 Å². The summed E-state index contributed by atoms with van der Waals surface area (Å²) in [7, 11) is -2.29. The number of pyridine rings is 1. The molecule has 14 heteroatoms. The third-order valence-electron chi connectivity index (χ3n) is 5.89. The average molecular weight is 557 g/mol. The zero-order valence-electron chi connectivity index (χ0n) is 19.7. The van der Waals surface area contributed by atoms with E-state index in [1.165, 1.54) is 18.6 Å². The molecule has 2 N–H and O–H groups in total. The highest BCUT2D eigenvalue weighted by atomic mass is 35.5. The molecule has 37 heavy (non-hydrogen) atoms. The molecule has 0 spiro atoms. The molecule has 198 valence electrons. The molecule has 0 unspecified atom stereocenters. The molecule has 4 atom stereocenters. The number of hydrogen-bond acceptors (Lipinski definition) is 9. The molecule has 1 amide bonds. The van der Waals surface area contributed by atoms with Crippen LogP contribution in [0.1, 0.15) is 21.6 Å². The monoisotopic (exact) mass is 556 g/mol. The number of benzene rings is 1. The molecule has 2 saturated heterocycles. The summed E-state index contributed by atoms with van der Waals surface area (Å²) in [5.74, 6) is -2.53. The number of nitrogens with zero attached hydrogens (tertiary/aromatic N) is 3. The van der Waals surface area contributed by atoms with Crippen LogP contribution < -0.4 is 4.74 Å². The van der Waals surface area contributed by atoms with Gasteiger partial charge in [0.15, 0.2) is 12.0 Å². The van der Waals surface area contributed by atoms with Crippen LogP contribution in [0.4, 0.5) is 14.5 Å². The summed E-state index contributed by atoms with van der Waals surface area (Å²) in [5, 5.41) is 9.97. The zero-order valence-corrected chi connectivity index (χ0v) is 21.3. The molecule has 10 nitrogen and oxygen atoms in total. The van der Waals surface area contributed by atoms with E-state index in [1.807, 2.05) is 0 Å². The van der Waals surface area contributed by atoms with Crippen molar-refractivity contribution in [2.45, 2.75) is 37.4 Å². The fourth-order valence-corrected chi connectivity index (χ4v) is 4.92. The summed E-state index contributed by atoms with van der Waals surface area (Å²) < 4.78 is 63.2. The lowest BCUT2D eigenvalue weighted by Gasteiger charge is -2.17. The lowest BCUT2D eigenvalue weighted by Crippen LogP contribution is -2.34. The third kappa shape index (κ3) is 5.46. The summed E-state index contributed by atoms with van der Waals surface area (Å²) in [6.45, 7) is -0.0993. The predicted molar refractivity (Wildman–Crippen MR) is 130 cm³/mol. The highest BCUT2D eigenvalue weighted by molar-refractivity contribution is 7.93. The fraction of sp³-hybridized carbons (Fsp3) is 0.435. The fourth-order valence-electron chi connectivity index (χ4n) is 4.20. The number of nitrogens with one attached hydrogen (secondary N) is 1. The first-order valence-corrected chi connectivity index (χ1v) is 14.0. The molecule has 4 heterocycles. The maximum atomic E-state index is 14.6. The van der Waals surface area contributed by atoms with Gasteiger partial charge in [-0.05, 0) is 18.2 Å². The first-order chi connectivity index (χ1) is 17.5. The maximum absolute atomic E-state index is 14.6. The number of ether oxygens (including phenoxy) is 4. The molecular formula is C23H23ClF2N4O6S. The molecule has 3 aliphatic heterocycles. The van der Waals surface area contributed by atoms with Gasteiger partial charge in [0.25, 0.3) is 5.91 Å². The van der Waals surface area contributed by atoms with E-state index >= 15 is 0 Å². The van der Waals surface area contributed by atoms with Crippen molar-refractivity contribution in [2.24, 2.45) is 9.36 Å². The van der Waals surface area contributed by atoms with Crippen molar-refractivity contribution in [3.05, 3.63) is 51.7 Å². The highest BCUT2D eigenvalue weighted by Crippen LogP contribution is 2.36. The van der Waals surface area contributed by atoms with E-state index in [2.05, 4.69) is 14.3 Å². The lowest BCUT2D eigenvalue weighted by molar-refractivity contribution is 0.00558. The van der Waals surface area contributed by atoms with Crippen molar-refractivity contribution in [1.29, 1.82) is 4.78 Å². The second kappa shape index (κ2) is 9.87. The minimum absolute atomic E-state index is 0.0445. The molecule has 5 rings (SSSR count). The van der Waals surface area contributed by atoms with Gasteiger partial charge in [0.2, 0.25) is 5.88 Å². The molecule has 0 radical (unpaired) electrons. The number of hydrogen-bond donors (Lipinski definition) is 2. The minimum Gasteiger partial charge on any atom is -0.472 e. The number of amides is 1. The number of carbonyl (C=O) groups is 1. The Bertz CT molecular complexity index is 1400. The summed E-state index contributed by atoms with van der Waals surface area (Å²) in [6.07, 6.45) is 1.20. The zero-order chi connectivity index (χ0) is 26.5. The number of halogens is 3. The van der Waals surface area contributed by atoms with Crippen molar-refractivity contribution in [1.82, 2.24) is 4.98 Å². The van der Waals surface area contributed by atoms with E-state index in [-0.39, 0.29) is 36.1 Å². The van der Waals surface area contributed by atoms with E-state index < -0.39 is 63.7 Å². The molecule has 2 aromatic rings. The van der Waals surface area contributed by atoms with Gasteiger partial charge >= 0.3 is 0 Å². The largest absolute Gasteiger partial charge is 0.472 e. The van der Waals surface area contributed by atoms with Crippen LogP contribution in [0.25, 0.3) is 0 Å². The first-order valence-electron chi connectivity index (χ1n) is 11.2. The molecule has 0 aliphatic carbocycles. The Hall–Kier alpha value is -2.71. The van der Waals surface area contributed by atoms with Gasteiger partial charge in [0.05, 0.1) is 36.6 Å². The van der Waals surface area contributed by atoms with Crippen molar-refractivity contribution < 1.29 is 37.6 Å². The van der Waals surface area contributed by atoms with E-state index in [9.17, 15) is 18.7 Å². The van der Waals surface area contributed by atoms with Crippen molar-refractivity contribution in [2.75, 3.05) is 25.7 Å². The van der Waals surface area contributed by atoms with E-state index in [4.69, 9.17) is 35.3 Å². The van der Waals surface area contributed by atoms with Crippen molar-refractivity contribution in [3.8, 4) is 5.88 Å². The van der Waals surface area contributed by atoms with E-state index in [0.29, 0.717) is 17.3 Å². The Labute approximate surface area is 216 Å². The maximum Gasteiger partial charge on any atom is 0.283 e. The van der Waals surface area contributed by atoms with Crippen LogP contribution >= 0.6 is 11.6 Å². The number of rotatable bonds is 5. The predicted octanol–water partition coefficient (Wildman–Crippen LogP) is 3.22. The summed E-state index contributed by atoms with van der Waals surface area (Å²) >= 11 is 6.26. The normalized spacial score (nSPS) is 24.4. The molecule has 1 aromatic heterocycles. The number of aliphatic hydroxyl groups excluding tert-OH is 1. The third-order valence-corrected chi connectivity index (χ3v) is 6.78. The minimum atomic E-state index is -2.29. The number of carbonyl (C=O) groups excluding carboxylic acids is 1. The van der Waals surface area contributed by atoms with Gasteiger partial charge in [-0.2, -0.15) is 4.36 Å². The quantitative estimate of drug-likeness (QED) is 0.577. The summed E-state index contributed by atoms with van der Waals surface area (Å²) in [6, 6.07) is 3.23. The van der Waals surface area contributed by atoms with Crippen LogP contribution in [0.5, 0.6) is 5.88 Å². The standard InChI is InChI=1S/C23H23ClF2N4O6S/c1-37(2,27)30-22(32)10-3-13(25)11(14(26)4-10)7-35-23-12(24)5-15-16(29-23)6-19(28-15)36-18-9-34-20-17(31)8-33-21(18)20/h3-5,17-18,20-21,27,31H,6-9H2,1-2H3/t17-,18-,20-,21-/m1/s1. The highest BCUT2D eigenvalue weighted by Gasteiger charge is 2.49. The number of aliphatic hydroxyl groups is 1. The van der Waals surface area contributed by atoms with Crippen LogP contribution in [-0.4, -0.2) is 72.0 Å². The molecule has 2 fully saturated rings. The number of fused-ring (bicyclic) bond motifs is 2. The van der Waals surface area contributed by atoms with Crippen LogP contribution in [0.3, 0.4) is 0 Å². The van der Waals surface area contributed by atoms with Crippen LogP contribution in [0.15, 0.2) is 27.6 Å². The summed E-state index contributed by atoms with van der Waals surface area (Å²) in [5.41, 5.74) is 0.267.